The largest absolute Gasteiger partial charge is 0.319 e. The van der Waals surface area contributed by atoms with Gasteiger partial charge in [0.05, 0.1) is 0 Å². The summed E-state index contributed by atoms with van der Waals surface area (Å²) in [5, 5.41) is 3.90. The zero-order chi connectivity index (χ0) is 14.5. The Balaban J connectivity index is 2.25. The first-order valence-electron chi connectivity index (χ1n) is 6.44. The number of hydrogen-bond donors (Lipinski definition) is 1. The lowest BCUT2D eigenvalue weighted by atomic mass is 9.92. The molecule has 0 saturated heterocycles. The minimum Gasteiger partial charge on any atom is -0.319 e. The van der Waals surface area contributed by atoms with E-state index in [1.807, 2.05) is 31.3 Å². The molecule has 0 aromatic heterocycles. The number of nitrogens with one attached hydrogen (secondary N) is 1. The monoisotopic (exact) mass is 355 g/mol. The minimum absolute atomic E-state index is 0.189. The predicted molar refractivity (Wildman–Crippen MR) is 85.9 cm³/mol. The van der Waals surface area contributed by atoms with E-state index >= 15 is 0 Å². The van der Waals surface area contributed by atoms with Crippen molar-refractivity contribution in [1.29, 1.82) is 0 Å². The summed E-state index contributed by atoms with van der Waals surface area (Å²) in [6, 6.07) is 12.6. The van der Waals surface area contributed by atoms with Crippen LogP contribution in [0, 0.1) is 5.82 Å². The van der Waals surface area contributed by atoms with Crippen molar-refractivity contribution in [3.63, 3.8) is 0 Å². The van der Waals surface area contributed by atoms with Gasteiger partial charge >= 0.3 is 0 Å². The summed E-state index contributed by atoms with van der Waals surface area (Å²) >= 11 is 9.67. The maximum absolute atomic E-state index is 13.4. The van der Waals surface area contributed by atoms with Crippen molar-refractivity contribution in [3.05, 3.63) is 68.9 Å². The van der Waals surface area contributed by atoms with Crippen molar-refractivity contribution in [3.8, 4) is 0 Å². The van der Waals surface area contributed by atoms with Gasteiger partial charge in [-0.05, 0) is 48.9 Å². The van der Waals surface area contributed by atoms with Gasteiger partial charge in [0.1, 0.15) is 5.82 Å². The molecule has 0 aliphatic rings. The highest BCUT2D eigenvalue weighted by Gasteiger charge is 2.14. The fraction of sp³-hybridized carbons (Fsp3) is 0.250. The molecule has 2 aromatic carbocycles. The van der Waals surface area contributed by atoms with Crippen LogP contribution in [0.2, 0.25) is 5.02 Å². The molecule has 0 heterocycles. The summed E-state index contributed by atoms with van der Waals surface area (Å²) in [6.07, 6.45) is 0.774. The molecule has 4 heteroatoms. The second-order valence-corrected chi connectivity index (χ2v) is 6.07. The van der Waals surface area contributed by atoms with Crippen molar-refractivity contribution in [1.82, 2.24) is 5.32 Å². The molecule has 2 aromatic rings. The lowest BCUT2D eigenvalue weighted by Gasteiger charge is -2.18. The lowest BCUT2D eigenvalue weighted by Crippen LogP contribution is -2.19. The molecule has 0 bridgehead atoms. The first kappa shape index (κ1) is 15.5. The Labute approximate surface area is 132 Å². The number of hydrogen-bond acceptors (Lipinski definition) is 1. The first-order chi connectivity index (χ1) is 9.60. The molecule has 0 fully saturated rings. The average Bonchev–Trinajstić information content (AvgIpc) is 2.41. The zero-order valence-corrected chi connectivity index (χ0v) is 13.5. The Hall–Kier alpha value is -0.900. The maximum Gasteiger partial charge on any atom is 0.123 e. The van der Waals surface area contributed by atoms with Crippen LogP contribution < -0.4 is 5.32 Å². The maximum atomic E-state index is 13.4. The van der Waals surface area contributed by atoms with Crippen LogP contribution >= 0.6 is 27.5 Å². The molecule has 0 saturated carbocycles. The second kappa shape index (κ2) is 7.21. The van der Waals surface area contributed by atoms with Gasteiger partial charge in [0.25, 0.3) is 0 Å². The van der Waals surface area contributed by atoms with E-state index in [0.717, 1.165) is 33.6 Å². The predicted octanol–water partition coefficient (Wildman–Crippen LogP) is 4.79. The molecular weight excluding hydrogens is 341 g/mol. The van der Waals surface area contributed by atoms with Gasteiger partial charge in [-0.15, -0.1) is 0 Å². The van der Waals surface area contributed by atoms with E-state index in [-0.39, 0.29) is 11.7 Å². The number of halogens is 3. The van der Waals surface area contributed by atoms with Gasteiger partial charge in [-0.2, -0.15) is 0 Å². The average molecular weight is 357 g/mol. The van der Waals surface area contributed by atoms with Crippen molar-refractivity contribution >= 4 is 27.5 Å². The molecule has 0 aliphatic heterocycles. The third kappa shape index (κ3) is 4.05. The van der Waals surface area contributed by atoms with E-state index in [4.69, 9.17) is 11.6 Å². The summed E-state index contributed by atoms with van der Waals surface area (Å²) in [5.41, 5.74) is 2.05. The van der Waals surface area contributed by atoms with Gasteiger partial charge < -0.3 is 5.32 Å². The van der Waals surface area contributed by atoms with Crippen LogP contribution in [-0.4, -0.2) is 13.6 Å². The SMILES string of the molecule is CNCC(Cc1ccc(Br)cc1Cl)c1cccc(F)c1. The summed E-state index contributed by atoms with van der Waals surface area (Å²) in [6.45, 7) is 0.774. The van der Waals surface area contributed by atoms with Crippen LogP contribution in [0.3, 0.4) is 0 Å². The number of rotatable bonds is 5. The number of likely N-dealkylation sites (N-methyl/N-ethyl adjacent to an activating group) is 1. The molecule has 0 amide bonds. The third-order valence-corrected chi connectivity index (χ3v) is 4.10. The minimum atomic E-state index is -0.203. The highest BCUT2D eigenvalue weighted by atomic mass is 79.9. The van der Waals surface area contributed by atoms with Crippen LogP contribution in [0.5, 0.6) is 0 Å². The highest BCUT2D eigenvalue weighted by Crippen LogP contribution is 2.27. The van der Waals surface area contributed by atoms with Crippen LogP contribution in [-0.2, 0) is 6.42 Å². The number of benzene rings is 2. The molecule has 1 nitrogen and oxygen atoms in total. The Morgan fingerprint density at radius 1 is 1.25 bits per heavy atom. The van der Waals surface area contributed by atoms with Gasteiger partial charge in [-0.1, -0.05) is 45.7 Å². The van der Waals surface area contributed by atoms with E-state index in [1.54, 1.807) is 12.1 Å². The third-order valence-electron chi connectivity index (χ3n) is 3.25. The molecule has 0 radical (unpaired) electrons. The molecule has 1 atom stereocenters. The van der Waals surface area contributed by atoms with Gasteiger partial charge in [-0.3, -0.25) is 0 Å². The van der Waals surface area contributed by atoms with Gasteiger partial charge in [0.15, 0.2) is 0 Å². The quantitative estimate of drug-likeness (QED) is 0.812. The molecule has 2 rings (SSSR count). The Morgan fingerprint density at radius 2 is 2.05 bits per heavy atom. The fourth-order valence-electron chi connectivity index (χ4n) is 2.27. The highest BCUT2D eigenvalue weighted by molar-refractivity contribution is 9.10. The van der Waals surface area contributed by atoms with E-state index in [0.29, 0.717) is 0 Å². The summed E-state index contributed by atoms with van der Waals surface area (Å²) in [5.74, 6) is -0.0140. The first-order valence-corrected chi connectivity index (χ1v) is 7.61. The van der Waals surface area contributed by atoms with Crippen LogP contribution in [0.15, 0.2) is 46.9 Å². The normalized spacial score (nSPS) is 12.4. The topological polar surface area (TPSA) is 12.0 Å². The van der Waals surface area contributed by atoms with Crippen LogP contribution in [0.1, 0.15) is 17.0 Å². The molecule has 0 spiro atoms. The molecule has 0 aliphatic carbocycles. The van der Waals surface area contributed by atoms with Gasteiger partial charge in [-0.25, -0.2) is 4.39 Å². The summed E-state index contributed by atoms with van der Waals surface area (Å²) in [7, 11) is 1.90. The molecule has 106 valence electrons. The van der Waals surface area contributed by atoms with Crippen molar-refractivity contribution in [2.75, 3.05) is 13.6 Å². The van der Waals surface area contributed by atoms with Crippen molar-refractivity contribution in [2.24, 2.45) is 0 Å². The molecule has 20 heavy (non-hydrogen) atoms. The van der Waals surface area contributed by atoms with Gasteiger partial charge in [0.2, 0.25) is 0 Å². The van der Waals surface area contributed by atoms with Gasteiger partial charge in [0, 0.05) is 22.0 Å². The summed E-state index contributed by atoms with van der Waals surface area (Å²) in [4.78, 5) is 0. The zero-order valence-electron chi connectivity index (χ0n) is 11.2. The smallest absolute Gasteiger partial charge is 0.123 e. The standard InChI is InChI=1S/C16H16BrClFN/c1-20-10-13(11-3-2-4-15(19)8-11)7-12-5-6-14(17)9-16(12)18/h2-6,8-9,13,20H,7,10H2,1H3. The Morgan fingerprint density at radius 3 is 2.70 bits per heavy atom. The van der Waals surface area contributed by atoms with Crippen molar-refractivity contribution in [2.45, 2.75) is 12.3 Å². The van der Waals surface area contributed by atoms with Crippen LogP contribution in [0.4, 0.5) is 4.39 Å². The fourth-order valence-corrected chi connectivity index (χ4v) is 3.02. The van der Waals surface area contributed by atoms with E-state index in [9.17, 15) is 4.39 Å². The lowest BCUT2D eigenvalue weighted by molar-refractivity contribution is 0.601. The van der Waals surface area contributed by atoms with Crippen LogP contribution in [0.25, 0.3) is 0 Å². The van der Waals surface area contributed by atoms with E-state index in [1.165, 1.54) is 6.07 Å². The second-order valence-electron chi connectivity index (χ2n) is 4.75. The molecule has 1 N–H and O–H groups in total. The molecular formula is C16H16BrClFN. The summed E-state index contributed by atoms with van der Waals surface area (Å²) < 4.78 is 14.3. The van der Waals surface area contributed by atoms with E-state index in [2.05, 4.69) is 21.2 Å². The Kier molecular flexibility index (Phi) is 5.58. The van der Waals surface area contributed by atoms with Crippen molar-refractivity contribution < 1.29 is 4.39 Å². The van der Waals surface area contributed by atoms with E-state index < -0.39 is 0 Å². The Bertz CT molecular complexity index is 588. The molecule has 1 unspecified atom stereocenters.